The average molecular weight is 254 g/mol. The zero-order chi connectivity index (χ0) is 13.2. The zero-order valence-corrected chi connectivity index (χ0v) is 10.2. The Kier molecular flexibility index (Phi) is 3.00. The third kappa shape index (κ3) is 2.63. The van der Waals surface area contributed by atoms with Crippen LogP contribution in [0.4, 0.5) is 8.78 Å². The summed E-state index contributed by atoms with van der Waals surface area (Å²) in [5, 5.41) is 1.91. The molecule has 0 fully saturated rings. The lowest BCUT2D eigenvalue weighted by Crippen LogP contribution is -1.89. The Hall–Kier alpha value is -2.22. The van der Waals surface area contributed by atoms with Gasteiger partial charge in [-0.3, -0.25) is 0 Å². The van der Waals surface area contributed by atoms with Crippen molar-refractivity contribution in [3.63, 3.8) is 0 Å². The van der Waals surface area contributed by atoms with Gasteiger partial charge in [0.1, 0.15) is 11.6 Å². The molecule has 0 aliphatic heterocycles. The summed E-state index contributed by atoms with van der Waals surface area (Å²) in [4.78, 5) is 0. The maximum absolute atomic E-state index is 13.2. The Morgan fingerprint density at radius 3 is 2.00 bits per heavy atom. The van der Waals surface area contributed by atoms with Crippen molar-refractivity contribution in [3.8, 4) is 0 Å². The highest BCUT2D eigenvalue weighted by Gasteiger charge is 2.00. The van der Waals surface area contributed by atoms with Crippen molar-refractivity contribution in [3.05, 3.63) is 83.4 Å². The van der Waals surface area contributed by atoms with Crippen molar-refractivity contribution >= 4 is 10.8 Å². The summed E-state index contributed by atoms with van der Waals surface area (Å²) >= 11 is 0. The van der Waals surface area contributed by atoms with Crippen LogP contribution in [0.1, 0.15) is 11.1 Å². The second-order valence-electron chi connectivity index (χ2n) is 4.63. The van der Waals surface area contributed by atoms with Crippen molar-refractivity contribution in [2.75, 3.05) is 0 Å². The number of rotatable bonds is 2. The van der Waals surface area contributed by atoms with Gasteiger partial charge < -0.3 is 0 Å². The van der Waals surface area contributed by atoms with Crippen molar-refractivity contribution in [2.24, 2.45) is 0 Å². The highest BCUT2D eigenvalue weighted by atomic mass is 19.1. The van der Waals surface area contributed by atoms with E-state index in [1.807, 2.05) is 18.2 Å². The number of hydrogen-bond donors (Lipinski definition) is 0. The van der Waals surface area contributed by atoms with Gasteiger partial charge in [0, 0.05) is 0 Å². The van der Waals surface area contributed by atoms with Crippen LogP contribution in [0.15, 0.2) is 60.7 Å². The number of halogens is 2. The highest BCUT2D eigenvalue weighted by molar-refractivity contribution is 5.83. The standard InChI is InChI=1S/C17H12F2/c18-16-6-2-12(3-7-16)9-13-1-4-14-5-8-17(19)11-15(14)10-13/h1-8,10-11H,9H2. The Morgan fingerprint density at radius 1 is 0.579 bits per heavy atom. The van der Waals surface area contributed by atoms with Crippen LogP contribution in [-0.2, 0) is 6.42 Å². The molecule has 0 aliphatic rings. The Balaban J connectivity index is 1.94. The molecule has 3 aromatic carbocycles. The smallest absolute Gasteiger partial charge is 0.123 e. The van der Waals surface area contributed by atoms with Crippen molar-refractivity contribution in [2.45, 2.75) is 6.42 Å². The van der Waals surface area contributed by atoms with Gasteiger partial charge in [-0.2, -0.15) is 0 Å². The molecule has 3 rings (SSSR count). The van der Waals surface area contributed by atoms with Gasteiger partial charge in [-0.1, -0.05) is 36.4 Å². The lowest BCUT2D eigenvalue weighted by Gasteiger charge is -2.04. The minimum Gasteiger partial charge on any atom is -0.207 e. The summed E-state index contributed by atoms with van der Waals surface area (Å²) in [6, 6.07) is 17.2. The molecule has 0 atom stereocenters. The molecule has 0 heterocycles. The molecule has 0 N–H and O–H groups in total. The predicted octanol–water partition coefficient (Wildman–Crippen LogP) is 4.71. The fraction of sp³-hybridized carbons (Fsp3) is 0.0588. The molecule has 0 saturated heterocycles. The van der Waals surface area contributed by atoms with Gasteiger partial charge in [0.2, 0.25) is 0 Å². The number of benzene rings is 3. The normalized spacial score (nSPS) is 10.8. The first-order valence-electron chi connectivity index (χ1n) is 6.13. The summed E-state index contributed by atoms with van der Waals surface area (Å²) in [5.74, 6) is -0.462. The molecule has 0 aromatic heterocycles. The van der Waals surface area contributed by atoms with E-state index in [-0.39, 0.29) is 11.6 Å². The first-order valence-corrected chi connectivity index (χ1v) is 6.13. The quantitative estimate of drug-likeness (QED) is 0.621. The van der Waals surface area contributed by atoms with Crippen molar-refractivity contribution < 1.29 is 8.78 Å². The lowest BCUT2D eigenvalue weighted by molar-refractivity contribution is 0.627. The number of fused-ring (bicyclic) bond motifs is 1. The SMILES string of the molecule is Fc1ccc(Cc2ccc3ccc(F)cc3c2)cc1. The lowest BCUT2D eigenvalue weighted by atomic mass is 10.0. The molecule has 0 unspecified atom stereocenters. The molecule has 2 heteroatoms. The van der Waals surface area contributed by atoms with Gasteiger partial charge in [0.15, 0.2) is 0 Å². The van der Waals surface area contributed by atoms with Crippen LogP contribution in [0.3, 0.4) is 0 Å². The van der Waals surface area contributed by atoms with Crippen LogP contribution < -0.4 is 0 Å². The van der Waals surface area contributed by atoms with E-state index >= 15 is 0 Å². The number of hydrogen-bond acceptors (Lipinski definition) is 0. The minimum atomic E-state index is -0.232. The summed E-state index contributed by atoms with van der Waals surface area (Å²) < 4.78 is 26.0. The Bertz CT molecular complexity index is 715. The Labute approximate surface area is 110 Å². The average Bonchev–Trinajstić information content (AvgIpc) is 2.41. The maximum Gasteiger partial charge on any atom is 0.123 e. The van der Waals surface area contributed by atoms with E-state index in [0.717, 1.165) is 21.9 Å². The topological polar surface area (TPSA) is 0 Å². The molecule has 0 nitrogen and oxygen atoms in total. The predicted molar refractivity (Wildman–Crippen MR) is 73.1 cm³/mol. The molecule has 0 amide bonds. The fourth-order valence-electron chi connectivity index (χ4n) is 2.21. The largest absolute Gasteiger partial charge is 0.207 e. The molecular formula is C17H12F2. The highest BCUT2D eigenvalue weighted by Crippen LogP contribution is 2.19. The molecule has 94 valence electrons. The summed E-state index contributed by atoms with van der Waals surface area (Å²) in [6.07, 6.45) is 0.715. The second kappa shape index (κ2) is 4.81. The van der Waals surface area contributed by atoms with Crippen LogP contribution in [0, 0.1) is 11.6 Å². The third-order valence-electron chi connectivity index (χ3n) is 3.19. The van der Waals surface area contributed by atoms with E-state index in [2.05, 4.69) is 0 Å². The van der Waals surface area contributed by atoms with E-state index in [9.17, 15) is 8.78 Å². The fourth-order valence-corrected chi connectivity index (χ4v) is 2.21. The first kappa shape index (κ1) is 11.8. The van der Waals surface area contributed by atoms with E-state index in [1.54, 1.807) is 18.2 Å². The van der Waals surface area contributed by atoms with Crippen molar-refractivity contribution in [1.29, 1.82) is 0 Å². The maximum atomic E-state index is 13.2. The summed E-state index contributed by atoms with van der Waals surface area (Å²) in [7, 11) is 0. The molecule has 0 aliphatic carbocycles. The minimum absolute atomic E-state index is 0.230. The molecular weight excluding hydrogens is 242 g/mol. The molecule has 19 heavy (non-hydrogen) atoms. The van der Waals surface area contributed by atoms with Crippen LogP contribution in [0.25, 0.3) is 10.8 Å². The second-order valence-corrected chi connectivity index (χ2v) is 4.63. The van der Waals surface area contributed by atoms with Gasteiger partial charge in [-0.05, 0) is 52.6 Å². The zero-order valence-electron chi connectivity index (χ0n) is 10.2. The van der Waals surface area contributed by atoms with Crippen molar-refractivity contribution in [1.82, 2.24) is 0 Å². The van der Waals surface area contributed by atoms with Crippen LogP contribution in [-0.4, -0.2) is 0 Å². The molecule has 0 saturated carbocycles. The first-order chi connectivity index (χ1) is 9.20. The van der Waals surface area contributed by atoms with E-state index in [4.69, 9.17) is 0 Å². The van der Waals surface area contributed by atoms with Gasteiger partial charge in [-0.15, -0.1) is 0 Å². The molecule has 0 radical (unpaired) electrons. The van der Waals surface area contributed by atoms with Crippen LogP contribution in [0.5, 0.6) is 0 Å². The van der Waals surface area contributed by atoms with Crippen LogP contribution in [0.2, 0.25) is 0 Å². The monoisotopic (exact) mass is 254 g/mol. The van der Waals surface area contributed by atoms with E-state index < -0.39 is 0 Å². The van der Waals surface area contributed by atoms with E-state index in [1.165, 1.54) is 24.3 Å². The van der Waals surface area contributed by atoms with Gasteiger partial charge in [-0.25, -0.2) is 8.78 Å². The molecule has 0 bridgehead atoms. The molecule has 0 spiro atoms. The van der Waals surface area contributed by atoms with Gasteiger partial charge >= 0.3 is 0 Å². The van der Waals surface area contributed by atoms with Gasteiger partial charge in [0.25, 0.3) is 0 Å². The van der Waals surface area contributed by atoms with Crippen LogP contribution >= 0.6 is 0 Å². The summed E-state index contributed by atoms with van der Waals surface area (Å²) in [5.41, 5.74) is 2.13. The van der Waals surface area contributed by atoms with Gasteiger partial charge in [0.05, 0.1) is 0 Å². The Morgan fingerprint density at radius 2 is 1.21 bits per heavy atom. The van der Waals surface area contributed by atoms with E-state index in [0.29, 0.717) is 6.42 Å². The summed E-state index contributed by atoms with van der Waals surface area (Å²) in [6.45, 7) is 0. The molecule has 3 aromatic rings. The third-order valence-corrected chi connectivity index (χ3v) is 3.19.